The molecule has 0 radical (unpaired) electrons. The topological polar surface area (TPSA) is 102 Å². The first kappa shape index (κ1) is 43.5. The van der Waals surface area contributed by atoms with E-state index >= 15 is 0 Å². The summed E-state index contributed by atoms with van der Waals surface area (Å²) in [6.07, 6.45) is -2.59. The largest absolute Gasteiger partial charge is 0.489 e. The van der Waals surface area contributed by atoms with Gasteiger partial charge in [0.25, 0.3) is 0 Å². The van der Waals surface area contributed by atoms with E-state index in [4.69, 9.17) is 33.2 Å². The zero-order chi connectivity index (χ0) is 43.2. The molecule has 0 bridgehead atoms. The SMILES string of the molecule is O=S1CCOC1[C@@H](O)[C@@H](Oc1cc(OCc2ccccc2)cc(OCc2ccccc2)c1Br)c1cc(OCc2ccccc2)c(OCc2ccccc2)c(OCc2ccccc2)c1. The summed E-state index contributed by atoms with van der Waals surface area (Å²) in [5.74, 6) is 2.60. The number of ether oxygens (including phenoxy) is 7. The minimum Gasteiger partial charge on any atom is -0.489 e. The van der Waals surface area contributed by atoms with Crippen LogP contribution in [0.3, 0.4) is 0 Å². The lowest BCUT2D eigenvalue weighted by atomic mass is 10.0. The van der Waals surface area contributed by atoms with Crippen LogP contribution in [0.25, 0.3) is 0 Å². The highest BCUT2D eigenvalue weighted by atomic mass is 79.9. The standard InChI is InChI=1S/C52H47BrO9S/c53-48-44(58-33-38-18-8-2-9-19-38)30-43(57-32-37-16-6-1-7-17-37)31-45(48)62-50(49(54)52-56-26-27-63(52)55)42-28-46(59-34-39-20-10-3-11-21-39)51(61-36-41-24-14-5-15-25-41)47(29-42)60-35-40-22-12-4-13-23-40/h1-25,28-31,49-50,52,54H,26-27,32-36H2/t49-,50-,52?,63?/m0/s1. The van der Waals surface area contributed by atoms with Crippen molar-refractivity contribution in [1.82, 2.24) is 0 Å². The fourth-order valence-corrected chi connectivity index (χ4v) is 8.56. The predicted molar refractivity (Wildman–Crippen MR) is 247 cm³/mol. The highest BCUT2D eigenvalue weighted by Gasteiger charge is 2.40. The molecule has 11 heteroatoms. The number of halogens is 1. The van der Waals surface area contributed by atoms with Gasteiger partial charge < -0.3 is 38.3 Å². The van der Waals surface area contributed by atoms with Crippen LogP contribution in [0.1, 0.15) is 39.5 Å². The third-order valence-corrected chi connectivity index (χ3v) is 12.5. The van der Waals surface area contributed by atoms with Gasteiger partial charge in [0.1, 0.15) is 60.9 Å². The van der Waals surface area contributed by atoms with E-state index in [1.165, 1.54) is 0 Å². The van der Waals surface area contributed by atoms with E-state index in [9.17, 15) is 9.32 Å². The van der Waals surface area contributed by atoms with E-state index in [0.29, 0.717) is 44.5 Å². The molecule has 1 N–H and O–H groups in total. The van der Waals surface area contributed by atoms with Gasteiger partial charge in [-0.1, -0.05) is 152 Å². The van der Waals surface area contributed by atoms with Crippen LogP contribution >= 0.6 is 15.9 Å². The van der Waals surface area contributed by atoms with E-state index in [2.05, 4.69) is 15.9 Å². The molecule has 9 nitrogen and oxygen atoms in total. The van der Waals surface area contributed by atoms with E-state index in [1.54, 1.807) is 24.3 Å². The van der Waals surface area contributed by atoms with Crippen LogP contribution in [0.2, 0.25) is 0 Å². The summed E-state index contributed by atoms with van der Waals surface area (Å²) in [7, 11) is -1.50. The molecule has 322 valence electrons. The molecule has 0 aliphatic carbocycles. The molecule has 7 aromatic carbocycles. The molecular formula is C52H47BrO9S. The molecule has 63 heavy (non-hydrogen) atoms. The van der Waals surface area contributed by atoms with Crippen LogP contribution in [-0.4, -0.2) is 33.2 Å². The van der Waals surface area contributed by atoms with E-state index in [0.717, 1.165) is 27.8 Å². The van der Waals surface area contributed by atoms with Crippen LogP contribution in [0.4, 0.5) is 0 Å². The molecule has 0 saturated carbocycles. The van der Waals surface area contributed by atoms with Gasteiger partial charge in [0, 0.05) is 23.4 Å². The van der Waals surface area contributed by atoms with Crippen LogP contribution in [0.15, 0.2) is 180 Å². The number of rotatable bonds is 20. The normalized spacial score (nSPS) is 15.5. The molecule has 7 aromatic rings. The minimum absolute atomic E-state index is 0.211. The van der Waals surface area contributed by atoms with Crippen LogP contribution < -0.4 is 28.4 Å². The Kier molecular flexibility index (Phi) is 15.1. The van der Waals surface area contributed by atoms with Crippen LogP contribution in [0.5, 0.6) is 34.5 Å². The molecule has 8 rings (SSSR count). The van der Waals surface area contributed by atoms with Gasteiger partial charge >= 0.3 is 0 Å². The zero-order valence-corrected chi connectivity index (χ0v) is 36.8. The molecule has 1 fully saturated rings. The summed E-state index contributed by atoms with van der Waals surface area (Å²) in [5.41, 5.74) is 4.18. The van der Waals surface area contributed by atoms with Gasteiger partial charge in [-0.3, -0.25) is 4.21 Å². The molecule has 1 saturated heterocycles. The molecule has 0 amide bonds. The first-order chi connectivity index (χ1) is 31.0. The Hall–Kier alpha value is -6.11. The van der Waals surface area contributed by atoms with E-state index in [-0.39, 0.29) is 45.4 Å². The van der Waals surface area contributed by atoms with Crippen molar-refractivity contribution >= 4 is 26.7 Å². The second kappa shape index (κ2) is 21.8. The van der Waals surface area contributed by atoms with Crippen molar-refractivity contribution in [2.75, 3.05) is 12.4 Å². The third-order valence-electron chi connectivity index (χ3n) is 10.2. The maximum Gasteiger partial charge on any atom is 0.203 e. The van der Waals surface area contributed by atoms with Crippen molar-refractivity contribution < 1.29 is 42.5 Å². The molecule has 2 unspecified atom stereocenters. The Labute approximate surface area is 378 Å². The third kappa shape index (κ3) is 11.9. The average Bonchev–Trinajstić information content (AvgIpc) is 3.77. The first-order valence-corrected chi connectivity index (χ1v) is 22.8. The molecule has 1 aliphatic rings. The molecule has 1 aliphatic heterocycles. The van der Waals surface area contributed by atoms with Gasteiger partial charge in [-0.25, -0.2) is 0 Å². The monoisotopic (exact) mass is 926 g/mol. The maximum absolute atomic E-state index is 13.4. The van der Waals surface area contributed by atoms with Gasteiger partial charge in [0.05, 0.1) is 17.4 Å². The Morgan fingerprint density at radius 3 is 1.37 bits per heavy atom. The lowest BCUT2D eigenvalue weighted by molar-refractivity contribution is -0.0371. The average molecular weight is 928 g/mol. The van der Waals surface area contributed by atoms with Gasteiger partial charge in [-0.05, 0) is 55.9 Å². The van der Waals surface area contributed by atoms with Crippen LogP contribution in [-0.2, 0) is 48.6 Å². The predicted octanol–water partition coefficient (Wildman–Crippen LogP) is 10.9. The number of aliphatic hydroxyl groups excluding tert-OH is 1. The first-order valence-electron chi connectivity index (χ1n) is 20.7. The number of aliphatic hydroxyl groups is 1. The number of hydrogen-bond donors (Lipinski definition) is 1. The molecule has 4 atom stereocenters. The zero-order valence-electron chi connectivity index (χ0n) is 34.4. The highest BCUT2D eigenvalue weighted by Crippen LogP contribution is 2.46. The van der Waals surface area contributed by atoms with Crippen molar-refractivity contribution in [1.29, 1.82) is 0 Å². The van der Waals surface area contributed by atoms with Gasteiger partial charge in [-0.15, -0.1) is 0 Å². The molecule has 0 aromatic heterocycles. The quantitative estimate of drug-likeness (QED) is 0.0801. The second-order valence-corrected chi connectivity index (χ2v) is 17.2. The van der Waals surface area contributed by atoms with Crippen LogP contribution in [0, 0.1) is 0 Å². The fraction of sp³-hybridized carbons (Fsp3) is 0.192. The summed E-state index contributed by atoms with van der Waals surface area (Å²) in [6, 6.07) is 56.2. The van der Waals surface area contributed by atoms with Gasteiger partial charge in [-0.2, -0.15) is 0 Å². The Morgan fingerprint density at radius 2 is 0.937 bits per heavy atom. The van der Waals surface area contributed by atoms with Crippen molar-refractivity contribution in [2.45, 2.75) is 50.7 Å². The Morgan fingerprint density at radius 1 is 0.540 bits per heavy atom. The lowest BCUT2D eigenvalue weighted by Gasteiger charge is -2.29. The molecule has 0 spiro atoms. The molecular weight excluding hydrogens is 881 g/mol. The van der Waals surface area contributed by atoms with Crippen molar-refractivity contribution in [3.05, 3.63) is 214 Å². The van der Waals surface area contributed by atoms with Crippen molar-refractivity contribution in [3.8, 4) is 34.5 Å². The summed E-state index contributed by atoms with van der Waals surface area (Å²) in [6.45, 7) is 1.45. The van der Waals surface area contributed by atoms with Crippen molar-refractivity contribution in [2.24, 2.45) is 0 Å². The summed E-state index contributed by atoms with van der Waals surface area (Å²) in [4.78, 5) is 0. The van der Waals surface area contributed by atoms with Gasteiger partial charge in [0.2, 0.25) is 5.75 Å². The Bertz CT molecular complexity index is 2470. The number of benzene rings is 7. The fourth-order valence-electron chi connectivity index (χ4n) is 6.92. The summed E-state index contributed by atoms with van der Waals surface area (Å²) in [5, 5.41) is 12.3. The smallest absolute Gasteiger partial charge is 0.203 e. The highest BCUT2D eigenvalue weighted by molar-refractivity contribution is 9.10. The van der Waals surface area contributed by atoms with Crippen molar-refractivity contribution in [3.63, 3.8) is 0 Å². The lowest BCUT2D eigenvalue weighted by Crippen LogP contribution is -2.37. The van der Waals surface area contributed by atoms with E-state index < -0.39 is 28.4 Å². The Balaban J connectivity index is 1.22. The second-order valence-electron chi connectivity index (χ2n) is 14.8. The summed E-state index contributed by atoms with van der Waals surface area (Å²) >= 11 is 3.77. The number of hydrogen-bond acceptors (Lipinski definition) is 9. The van der Waals surface area contributed by atoms with Gasteiger partial charge in [0.15, 0.2) is 23.0 Å². The minimum atomic E-state index is -1.50. The van der Waals surface area contributed by atoms with E-state index in [1.807, 2.05) is 152 Å². The molecule has 1 heterocycles. The maximum atomic E-state index is 13.4. The summed E-state index contributed by atoms with van der Waals surface area (Å²) < 4.78 is 59.2.